The van der Waals surface area contributed by atoms with Gasteiger partial charge in [0.2, 0.25) is 0 Å². The zero-order valence-electron chi connectivity index (χ0n) is 24.1. The molecule has 8 rings (SSSR count). The molecular formula is C40H30Cl2Zr. The van der Waals surface area contributed by atoms with Crippen LogP contribution in [-0.2, 0) is 23.2 Å². The van der Waals surface area contributed by atoms with Crippen molar-refractivity contribution in [2.45, 2.75) is 21.1 Å². The van der Waals surface area contributed by atoms with E-state index >= 15 is 0 Å². The summed E-state index contributed by atoms with van der Waals surface area (Å²) in [7, 11) is 0. The summed E-state index contributed by atoms with van der Waals surface area (Å²) < 4.78 is 1.09. The molecule has 0 N–H and O–H groups in total. The van der Waals surface area contributed by atoms with Crippen LogP contribution in [-0.4, -0.2) is 0 Å². The topological polar surface area (TPSA) is 0 Å². The van der Waals surface area contributed by atoms with Crippen LogP contribution in [0.4, 0.5) is 0 Å². The van der Waals surface area contributed by atoms with Crippen molar-refractivity contribution in [1.29, 1.82) is 0 Å². The Morgan fingerprint density at radius 3 is 1.21 bits per heavy atom. The normalized spacial score (nSPS) is 16.9. The molecule has 6 aromatic carbocycles. The van der Waals surface area contributed by atoms with Gasteiger partial charge in [-0.15, -0.1) is 0 Å². The summed E-state index contributed by atoms with van der Waals surface area (Å²) in [6.07, 6.45) is 0. The van der Waals surface area contributed by atoms with Crippen molar-refractivity contribution in [1.82, 2.24) is 0 Å². The Morgan fingerprint density at radius 2 is 0.744 bits per heavy atom. The van der Waals surface area contributed by atoms with Crippen molar-refractivity contribution in [2.24, 2.45) is 0 Å². The molecule has 6 aromatic rings. The molecular weight excluding hydrogens is 643 g/mol. The number of benzene rings is 6. The smallest absolute Gasteiger partial charge is 1.00 e. The summed E-state index contributed by atoms with van der Waals surface area (Å²) in [5, 5.41) is 5.33. The van der Waals surface area contributed by atoms with Gasteiger partial charge in [-0.3, -0.25) is 0 Å². The zero-order valence-corrected chi connectivity index (χ0v) is 28.1. The van der Waals surface area contributed by atoms with E-state index in [0.29, 0.717) is 7.25 Å². The first-order valence-corrected chi connectivity index (χ1v) is 17.4. The van der Waals surface area contributed by atoms with Crippen LogP contribution in [0.25, 0.3) is 32.7 Å². The first-order valence-electron chi connectivity index (χ1n) is 14.5. The van der Waals surface area contributed by atoms with Crippen molar-refractivity contribution < 1.29 is 48.0 Å². The molecule has 3 heteroatoms. The van der Waals surface area contributed by atoms with Crippen LogP contribution < -0.4 is 24.8 Å². The number of hydrogen-bond donors (Lipinski definition) is 0. The van der Waals surface area contributed by atoms with Crippen molar-refractivity contribution in [3.05, 3.63) is 178 Å². The second kappa shape index (κ2) is 12.1. The number of hydrogen-bond acceptors (Lipinski definition) is 0. The molecule has 208 valence electrons. The summed E-state index contributed by atoms with van der Waals surface area (Å²) in [5.41, 5.74) is 14.8. The molecule has 0 saturated heterocycles. The van der Waals surface area contributed by atoms with Gasteiger partial charge >= 0.3 is 255 Å². The summed E-state index contributed by atoms with van der Waals surface area (Å²) in [4.78, 5) is 0. The van der Waals surface area contributed by atoms with E-state index in [1.54, 1.807) is 22.3 Å². The molecule has 0 saturated carbocycles. The van der Waals surface area contributed by atoms with E-state index in [0.717, 1.165) is 0 Å². The second-order valence-electron chi connectivity index (χ2n) is 11.4. The molecule has 2 unspecified atom stereocenters. The van der Waals surface area contributed by atoms with E-state index in [1.807, 2.05) is 0 Å². The molecule has 0 fully saturated rings. The molecule has 0 nitrogen and oxygen atoms in total. The predicted molar refractivity (Wildman–Crippen MR) is 170 cm³/mol. The molecule has 0 amide bonds. The van der Waals surface area contributed by atoms with E-state index in [9.17, 15) is 0 Å². The molecule has 0 aliphatic heterocycles. The Kier molecular flexibility index (Phi) is 8.36. The van der Waals surface area contributed by atoms with Gasteiger partial charge in [-0.1, -0.05) is 0 Å². The van der Waals surface area contributed by atoms with E-state index in [2.05, 4.69) is 147 Å². The molecule has 43 heavy (non-hydrogen) atoms. The van der Waals surface area contributed by atoms with E-state index < -0.39 is 23.2 Å². The number of fused-ring (bicyclic) bond motifs is 4. The Balaban J connectivity index is 0.00000165. The molecule has 0 bridgehead atoms. The zero-order chi connectivity index (χ0) is 27.5. The number of halogens is 2. The largest absolute Gasteiger partial charge is 1.00 e. The number of allylic oxidation sites excluding steroid dienone is 2. The van der Waals surface area contributed by atoms with E-state index in [4.69, 9.17) is 0 Å². The van der Waals surface area contributed by atoms with Crippen LogP contribution in [0.2, 0.25) is 0 Å². The Bertz CT molecular complexity index is 1910. The average Bonchev–Trinajstić information content (AvgIpc) is 3.46. The first kappa shape index (κ1) is 29.8. The standard InChI is InChI=1S/2C20H15.2ClH.Zr/c2*1-14-13-16-8-3-5-11-18(16)20(14)19-12-6-9-15-7-2-4-10-17(15)19;;;/h2*2-13H,1H3;2*1H;/q;;;;+2/p-2. The SMILES string of the molecule is CC1=C(c2cccc3ccccc23)c2ccccc2[CH]1[Zr+2][CH]1C(C)=C(c2cccc3ccccc23)c2ccccc21.[Cl-].[Cl-]. The molecule has 0 spiro atoms. The molecule has 2 aliphatic rings. The average molecular weight is 673 g/mol. The maximum Gasteiger partial charge on any atom is -1.00 e. The third-order valence-corrected chi connectivity index (χ3v) is 14.5. The minimum absolute atomic E-state index is 0. The van der Waals surface area contributed by atoms with Gasteiger partial charge in [0.05, 0.1) is 0 Å². The van der Waals surface area contributed by atoms with E-state index in [-0.39, 0.29) is 24.8 Å². The van der Waals surface area contributed by atoms with Gasteiger partial charge in [-0.25, -0.2) is 0 Å². The van der Waals surface area contributed by atoms with Gasteiger partial charge in [-0.05, 0) is 0 Å². The van der Waals surface area contributed by atoms with Crippen LogP contribution in [0.5, 0.6) is 0 Å². The number of rotatable bonds is 4. The Labute approximate surface area is 277 Å². The first-order chi connectivity index (χ1) is 20.2. The molecule has 2 atom stereocenters. The molecule has 0 heterocycles. The fourth-order valence-electron chi connectivity index (χ4n) is 7.33. The molecule has 0 aromatic heterocycles. The Hall–Kier alpha value is -3.22. The van der Waals surface area contributed by atoms with Crippen molar-refractivity contribution in [3.63, 3.8) is 0 Å². The molecule has 0 radical (unpaired) electrons. The fraction of sp³-hybridized carbons (Fsp3) is 0.100. The third-order valence-electron chi connectivity index (χ3n) is 9.19. The van der Waals surface area contributed by atoms with Gasteiger partial charge in [0.25, 0.3) is 0 Å². The van der Waals surface area contributed by atoms with Gasteiger partial charge in [0.1, 0.15) is 0 Å². The summed E-state index contributed by atoms with van der Waals surface area (Å²) in [6, 6.07) is 49.8. The third kappa shape index (κ3) is 4.78. The van der Waals surface area contributed by atoms with Gasteiger partial charge in [-0.2, -0.15) is 0 Å². The van der Waals surface area contributed by atoms with Crippen molar-refractivity contribution >= 4 is 32.7 Å². The minimum Gasteiger partial charge on any atom is -1.00 e. The van der Waals surface area contributed by atoms with Crippen molar-refractivity contribution in [2.75, 3.05) is 0 Å². The van der Waals surface area contributed by atoms with Crippen LogP contribution >= 0.6 is 0 Å². The van der Waals surface area contributed by atoms with Crippen LogP contribution in [0, 0.1) is 0 Å². The Morgan fingerprint density at radius 1 is 0.395 bits per heavy atom. The minimum atomic E-state index is -1.02. The monoisotopic (exact) mass is 670 g/mol. The van der Waals surface area contributed by atoms with Gasteiger partial charge < -0.3 is 24.8 Å². The summed E-state index contributed by atoms with van der Waals surface area (Å²) >= 11 is -1.02. The van der Waals surface area contributed by atoms with Crippen LogP contribution in [0.15, 0.2) is 145 Å². The maximum atomic E-state index is 2.42. The van der Waals surface area contributed by atoms with Gasteiger partial charge in [0.15, 0.2) is 0 Å². The van der Waals surface area contributed by atoms with Crippen molar-refractivity contribution in [3.8, 4) is 0 Å². The van der Waals surface area contributed by atoms with Gasteiger partial charge in [0, 0.05) is 0 Å². The molecule has 2 aliphatic carbocycles. The predicted octanol–water partition coefficient (Wildman–Crippen LogP) is 4.54. The van der Waals surface area contributed by atoms with Crippen LogP contribution in [0.3, 0.4) is 0 Å². The summed E-state index contributed by atoms with van der Waals surface area (Å²) in [5.74, 6) is 0. The van der Waals surface area contributed by atoms with E-state index in [1.165, 1.54) is 54.9 Å². The maximum absolute atomic E-state index is 2.42. The van der Waals surface area contributed by atoms with Crippen LogP contribution in [0.1, 0.15) is 54.5 Å². The summed E-state index contributed by atoms with van der Waals surface area (Å²) in [6.45, 7) is 4.85. The fourth-order valence-corrected chi connectivity index (χ4v) is 12.2. The quantitative estimate of drug-likeness (QED) is 0.258. The second-order valence-corrected chi connectivity index (χ2v) is 15.0.